The summed E-state index contributed by atoms with van der Waals surface area (Å²) in [5.74, 6) is 1.42. The number of pyridine rings is 1. The van der Waals surface area contributed by atoms with Crippen molar-refractivity contribution in [1.29, 1.82) is 0 Å². The molecule has 0 aliphatic rings. The maximum atomic E-state index is 5.60. The van der Waals surface area contributed by atoms with Gasteiger partial charge >= 0.3 is 0 Å². The third-order valence-corrected chi connectivity index (χ3v) is 3.12. The van der Waals surface area contributed by atoms with Crippen molar-refractivity contribution in [3.8, 4) is 22.8 Å². The standard InChI is InChI=1S/C16H15N3O2/c1-3-21-16-8-11(4-7-15(16)20-2)12-5-6-13-14(19-12)9-17-10-18-13/h4-10H,3H2,1-2H3. The smallest absolute Gasteiger partial charge is 0.161 e. The average Bonchev–Trinajstić information content (AvgIpc) is 2.54. The van der Waals surface area contributed by atoms with Crippen LogP contribution in [0.4, 0.5) is 0 Å². The molecule has 2 heterocycles. The summed E-state index contributed by atoms with van der Waals surface area (Å²) >= 11 is 0. The van der Waals surface area contributed by atoms with Gasteiger partial charge in [-0.1, -0.05) is 0 Å². The molecule has 2 aromatic heterocycles. The van der Waals surface area contributed by atoms with E-state index in [1.807, 2.05) is 37.3 Å². The van der Waals surface area contributed by atoms with Gasteiger partial charge in [-0.15, -0.1) is 0 Å². The SMILES string of the molecule is CCOc1cc(-c2ccc3ncncc3n2)ccc1OC. The topological polar surface area (TPSA) is 57.1 Å². The number of ether oxygens (including phenoxy) is 2. The minimum absolute atomic E-state index is 0.582. The van der Waals surface area contributed by atoms with Gasteiger partial charge in [0.25, 0.3) is 0 Å². The van der Waals surface area contributed by atoms with Gasteiger partial charge in [-0.25, -0.2) is 15.0 Å². The van der Waals surface area contributed by atoms with Crippen LogP contribution in [0.3, 0.4) is 0 Å². The van der Waals surface area contributed by atoms with E-state index in [9.17, 15) is 0 Å². The molecule has 0 saturated carbocycles. The molecule has 3 rings (SSSR count). The summed E-state index contributed by atoms with van der Waals surface area (Å²) in [5, 5.41) is 0. The Kier molecular flexibility index (Phi) is 3.64. The predicted molar refractivity (Wildman–Crippen MR) is 80.5 cm³/mol. The molecule has 5 nitrogen and oxygen atoms in total. The van der Waals surface area contributed by atoms with Gasteiger partial charge in [-0.3, -0.25) is 0 Å². The van der Waals surface area contributed by atoms with E-state index in [0.717, 1.165) is 22.3 Å². The second-order valence-electron chi connectivity index (χ2n) is 4.42. The van der Waals surface area contributed by atoms with Crippen LogP contribution in [0.25, 0.3) is 22.3 Å². The van der Waals surface area contributed by atoms with Gasteiger partial charge in [-0.05, 0) is 37.3 Å². The molecule has 106 valence electrons. The van der Waals surface area contributed by atoms with Crippen LogP contribution in [0.1, 0.15) is 6.92 Å². The molecule has 0 aliphatic heterocycles. The fourth-order valence-electron chi connectivity index (χ4n) is 2.14. The molecule has 0 radical (unpaired) electrons. The molecule has 0 spiro atoms. The van der Waals surface area contributed by atoms with Crippen LogP contribution in [0, 0.1) is 0 Å². The van der Waals surface area contributed by atoms with E-state index in [-0.39, 0.29) is 0 Å². The quantitative estimate of drug-likeness (QED) is 0.735. The third-order valence-electron chi connectivity index (χ3n) is 3.12. The number of benzene rings is 1. The first-order valence-corrected chi connectivity index (χ1v) is 6.70. The van der Waals surface area contributed by atoms with Crippen LogP contribution in [-0.2, 0) is 0 Å². The van der Waals surface area contributed by atoms with Gasteiger partial charge in [0.05, 0.1) is 31.1 Å². The fourth-order valence-corrected chi connectivity index (χ4v) is 2.14. The normalized spacial score (nSPS) is 10.6. The van der Waals surface area contributed by atoms with E-state index >= 15 is 0 Å². The second kappa shape index (κ2) is 5.75. The Hall–Kier alpha value is -2.69. The highest BCUT2D eigenvalue weighted by Gasteiger charge is 2.08. The van der Waals surface area contributed by atoms with Crippen LogP contribution in [0.15, 0.2) is 42.9 Å². The first-order chi connectivity index (χ1) is 10.3. The largest absolute Gasteiger partial charge is 0.493 e. The highest BCUT2D eigenvalue weighted by molar-refractivity contribution is 5.77. The third kappa shape index (κ3) is 2.63. The molecule has 21 heavy (non-hydrogen) atoms. The highest BCUT2D eigenvalue weighted by atomic mass is 16.5. The molecule has 3 aromatic rings. The molecule has 0 unspecified atom stereocenters. The summed E-state index contributed by atoms with van der Waals surface area (Å²) in [4.78, 5) is 12.8. The van der Waals surface area contributed by atoms with Gasteiger partial charge < -0.3 is 9.47 Å². The van der Waals surface area contributed by atoms with Gasteiger partial charge in [0.15, 0.2) is 11.5 Å². The fraction of sp³-hybridized carbons (Fsp3) is 0.188. The number of rotatable bonds is 4. The zero-order chi connectivity index (χ0) is 14.7. The summed E-state index contributed by atoms with van der Waals surface area (Å²) in [6.07, 6.45) is 3.23. The lowest BCUT2D eigenvalue weighted by Crippen LogP contribution is -1.96. The molecule has 0 aliphatic carbocycles. The summed E-state index contributed by atoms with van der Waals surface area (Å²) in [7, 11) is 1.63. The Morgan fingerprint density at radius 2 is 1.95 bits per heavy atom. The van der Waals surface area contributed by atoms with Crippen molar-refractivity contribution in [3.63, 3.8) is 0 Å². The summed E-state index contributed by atoms with van der Waals surface area (Å²) in [5.41, 5.74) is 3.40. The number of aromatic nitrogens is 3. The first-order valence-electron chi connectivity index (χ1n) is 6.70. The summed E-state index contributed by atoms with van der Waals surface area (Å²) in [6.45, 7) is 2.52. The zero-order valence-corrected chi connectivity index (χ0v) is 11.9. The van der Waals surface area contributed by atoms with Crippen LogP contribution < -0.4 is 9.47 Å². The number of methoxy groups -OCH3 is 1. The van der Waals surface area contributed by atoms with Crippen molar-refractivity contribution in [1.82, 2.24) is 15.0 Å². The van der Waals surface area contributed by atoms with Crippen molar-refractivity contribution in [2.24, 2.45) is 0 Å². The van der Waals surface area contributed by atoms with E-state index in [4.69, 9.17) is 9.47 Å². The van der Waals surface area contributed by atoms with E-state index in [2.05, 4.69) is 15.0 Å². The molecule has 0 saturated heterocycles. The molecule has 5 heteroatoms. The molecule has 0 N–H and O–H groups in total. The zero-order valence-electron chi connectivity index (χ0n) is 11.9. The van der Waals surface area contributed by atoms with Crippen LogP contribution in [-0.4, -0.2) is 28.7 Å². The number of hydrogen-bond donors (Lipinski definition) is 0. The minimum atomic E-state index is 0.582. The lowest BCUT2D eigenvalue weighted by molar-refractivity contribution is 0.311. The molecule has 0 amide bonds. The van der Waals surface area contributed by atoms with E-state index in [1.54, 1.807) is 13.3 Å². The Balaban J connectivity index is 2.07. The van der Waals surface area contributed by atoms with Crippen LogP contribution in [0.2, 0.25) is 0 Å². The Bertz CT molecular complexity index is 774. The molecule has 0 bridgehead atoms. The minimum Gasteiger partial charge on any atom is -0.493 e. The molecule has 0 fully saturated rings. The van der Waals surface area contributed by atoms with Crippen molar-refractivity contribution in [2.45, 2.75) is 6.92 Å². The van der Waals surface area contributed by atoms with E-state index < -0.39 is 0 Å². The van der Waals surface area contributed by atoms with E-state index in [0.29, 0.717) is 18.1 Å². The second-order valence-corrected chi connectivity index (χ2v) is 4.42. The van der Waals surface area contributed by atoms with Crippen molar-refractivity contribution in [3.05, 3.63) is 42.9 Å². The summed E-state index contributed by atoms with van der Waals surface area (Å²) < 4.78 is 10.9. The maximum absolute atomic E-state index is 5.60. The molecule has 0 atom stereocenters. The Labute approximate surface area is 122 Å². The number of fused-ring (bicyclic) bond motifs is 1. The van der Waals surface area contributed by atoms with Crippen molar-refractivity contribution in [2.75, 3.05) is 13.7 Å². The molecular weight excluding hydrogens is 266 g/mol. The van der Waals surface area contributed by atoms with Crippen molar-refractivity contribution >= 4 is 11.0 Å². The lowest BCUT2D eigenvalue weighted by atomic mass is 10.1. The predicted octanol–water partition coefficient (Wildman–Crippen LogP) is 3.10. The highest BCUT2D eigenvalue weighted by Crippen LogP contribution is 2.32. The van der Waals surface area contributed by atoms with Gasteiger partial charge in [0.1, 0.15) is 11.8 Å². The van der Waals surface area contributed by atoms with Gasteiger partial charge in [0.2, 0.25) is 0 Å². The number of hydrogen-bond acceptors (Lipinski definition) is 5. The Morgan fingerprint density at radius 1 is 1.05 bits per heavy atom. The molecular formula is C16H15N3O2. The van der Waals surface area contributed by atoms with Gasteiger partial charge in [0, 0.05) is 5.56 Å². The molecule has 1 aromatic carbocycles. The van der Waals surface area contributed by atoms with E-state index in [1.165, 1.54) is 6.33 Å². The van der Waals surface area contributed by atoms with Gasteiger partial charge in [-0.2, -0.15) is 0 Å². The monoisotopic (exact) mass is 281 g/mol. The average molecular weight is 281 g/mol. The number of nitrogens with zero attached hydrogens (tertiary/aromatic N) is 3. The summed E-state index contributed by atoms with van der Waals surface area (Å²) in [6, 6.07) is 9.64. The van der Waals surface area contributed by atoms with Crippen molar-refractivity contribution < 1.29 is 9.47 Å². The Morgan fingerprint density at radius 3 is 2.76 bits per heavy atom. The van der Waals surface area contributed by atoms with Crippen LogP contribution in [0.5, 0.6) is 11.5 Å². The first kappa shape index (κ1) is 13.3. The maximum Gasteiger partial charge on any atom is 0.161 e. The van der Waals surface area contributed by atoms with Crippen LogP contribution >= 0.6 is 0 Å². The lowest BCUT2D eigenvalue weighted by Gasteiger charge is -2.11.